The first-order valence-electron chi connectivity index (χ1n) is 10.5. The topological polar surface area (TPSA) is 67.0 Å². The van der Waals surface area contributed by atoms with Gasteiger partial charge in [-0.3, -0.25) is 4.79 Å². The van der Waals surface area contributed by atoms with Gasteiger partial charge < -0.3 is 14.6 Å². The van der Waals surface area contributed by atoms with Gasteiger partial charge in [-0.2, -0.15) is 5.26 Å². The van der Waals surface area contributed by atoms with Gasteiger partial charge in [-0.15, -0.1) is 0 Å². The van der Waals surface area contributed by atoms with Gasteiger partial charge in [0, 0.05) is 29.2 Å². The molecule has 1 amide bonds. The number of amides is 1. The van der Waals surface area contributed by atoms with Gasteiger partial charge in [0.05, 0.1) is 6.54 Å². The van der Waals surface area contributed by atoms with Crippen LogP contribution in [0.1, 0.15) is 11.1 Å². The number of hydrogen-bond donors (Lipinski definition) is 1. The number of hydrogen-bond acceptors (Lipinski definition) is 3. The number of fused-ring (bicyclic) bond motifs is 1. The Morgan fingerprint density at radius 3 is 2.52 bits per heavy atom. The lowest BCUT2D eigenvalue weighted by atomic mass is 10.1. The Balaban J connectivity index is 1.50. The van der Waals surface area contributed by atoms with Crippen molar-refractivity contribution in [1.29, 1.82) is 5.26 Å². The standard InChI is InChI=1S/C27H22FN3O2/c28-23-10-12-24(13-11-23)33-15-14-31-19-22(25-8-4-5-9-26(25)31)16-21(17-29)27(32)30-18-20-6-2-1-3-7-20/h1-13,16,19H,14-15,18H2,(H,30,32)/b21-16+. The third kappa shape index (κ3) is 5.46. The van der Waals surface area contributed by atoms with Crippen LogP contribution in [0.2, 0.25) is 0 Å². The van der Waals surface area contributed by atoms with E-state index in [1.165, 1.54) is 12.1 Å². The van der Waals surface area contributed by atoms with E-state index in [0.717, 1.165) is 22.0 Å². The number of halogens is 1. The zero-order valence-electron chi connectivity index (χ0n) is 17.9. The summed E-state index contributed by atoms with van der Waals surface area (Å²) in [4.78, 5) is 12.6. The number of nitrogens with zero attached hydrogens (tertiary/aromatic N) is 2. The maximum atomic E-state index is 13.1. The van der Waals surface area contributed by atoms with Crippen LogP contribution in [0.4, 0.5) is 4.39 Å². The molecule has 0 radical (unpaired) electrons. The van der Waals surface area contributed by atoms with Gasteiger partial charge in [-0.05, 0) is 42.0 Å². The van der Waals surface area contributed by atoms with Crippen LogP contribution in [0.5, 0.6) is 5.75 Å². The molecule has 33 heavy (non-hydrogen) atoms. The van der Waals surface area contributed by atoms with Crippen molar-refractivity contribution < 1.29 is 13.9 Å². The van der Waals surface area contributed by atoms with E-state index in [-0.39, 0.29) is 11.4 Å². The summed E-state index contributed by atoms with van der Waals surface area (Å²) in [6.45, 7) is 1.28. The molecule has 0 aliphatic rings. The second-order valence-electron chi connectivity index (χ2n) is 7.44. The quantitative estimate of drug-likeness (QED) is 0.307. The average Bonchev–Trinajstić information content (AvgIpc) is 3.20. The lowest BCUT2D eigenvalue weighted by Crippen LogP contribution is -2.23. The number of rotatable bonds is 8. The minimum absolute atomic E-state index is 0.0383. The molecule has 0 bridgehead atoms. The minimum Gasteiger partial charge on any atom is -0.492 e. The van der Waals surface area contributed by atoms with Crippen molar-refractivity contribution >= 4 is 22.9 Å². The number of aromatic nitrogens is 1. The second-order valence-corrected chi connectivity index (χ2v) is 7.44. The minimum atomic E-state index is -0.419. The van der Waals surface area contributed by atoms with E-state index in [1.807, 2.05) is 71.4 Å². The van der Waals surface area contributed by atoms with E-state index in [0.29, 0.717) is 25.4 Å². The summed E-state index contributed by atoms with van der Waals surface area (Å²) in [5, 5.41) is 13.3. The highest BCUT2D eigenvalue weighted by molar-refractivity contribution is 6.04. The molecule has 4 aromatic rings. The zero-order chi connectivity index (χ0) is 23.0. The molecular formula is C27H22FN3O2. The zero-order valence-corrected chi connectivity index (χ0v) is 17.9. The van der Waals surface area contributed by atoms with E-state index in [2.05, 4.69) is 5.32 Å². The van der Waals surface area contributed by atoms with E-state index in [9.17, 15) is 14.4 Å². The fourth-order valence-corrected chi connectivity index (χ4v) is 3.55. The molecule has 0 spiro atoms. The molecule has 1 aromatic heterocycles. The van der Waals surface area contributed by atoms with Crippen molar-refractivity contribution in [3.8, 4) is 11.8 Å². The maximum Gasteiger partial charge on any atom is 0.262 e. The molecule has 3 aromatic carbocycles. The second kappa shape index (κ2) is 10.3. The summed E-state index contributed by atoms with van der Waals surface area (Å²) in [5.74, 6) is -0.135. The molecule has 0 aliphatic carbocycles. The highest BCUT2D eigenvalue weighted by Crippen LogP contribution is 2.24. The van der Waals surface area contributed by atoms with Crippen LogP contribution in [-0.4, -0.2) is 17.1 Å². The molecule has 5 nitrogen and oxygen atoms in total. The van der Waals surface area contributed by atoms with Crippen LogP contribution >= 0.6 is 0 Å². The summed E-state index contributed by atoms with van der Waals surface area (Å²) in [5.41, 5.74) is 2.74. The number of nitriles is 1. The van der Waals surface area contributed by atoms with Gasteiger partial charge in [0.25, 0.3) is 5.91 Å². The molecule has 6 heteroatoms. The highest BCUT2D eigenvalue weighted by atomic mass is 19.1. The van der Waals surface area contributed by atoms with E-state index in [4.69, 9.17) is 4.74 Å². The third-order valence-electron chi connectivity index (χ3n) is 5.19. The first-order valence-corrected chi connectivity index (χ1v) is 10.5. The summed E-state index contributed by atoms with van der Waals surface area (Å²) in [7, 11) is 0. The Morgan fingerprint density at radius 1 is 1.03 bits per heavy atom. The van der Waals surface area contributed by atoms with Gasteiger partial charge in [0.2, 0.25) is 0 Å². The average molecular weight is 439 g/mol. The Morgan fingerprint density at radius 2 is 1.76 bits per heavy atom. The van der Waals surface area contributed by atoms with Gasteiger partial charge in [0.1, 0.15) is 29.8 Å². The van der Waals surface area contributed by atoms with Gasteiger partial charge in [0.15, 0.2) is 0 Å². The number of carbonyl (C=O) groups excluding carboxylic acids is 1. The number of ether oxygens (including phenoxy) is 1. The van der Waals surface area contributed by atoms with Crippen LogP contribution in [0.25, 0.3) is 17.0 Å². The smallest absolute Gasteiger partial charge is 0.262 e. The lowest BCUT2D eigenvalue weighted by Gasteiger charge is -2.08. The number of benzene rings is 3. The molecule has 0 saturated carbocycles. The molecule has 0 atom stereocenters. The molecule has 164 valence electrons. The number of para-hydroxylation sites is 1. The summed E-state index contributed by atoms with van der Waals surface area (Å²) >= 11 is 0. The van der Waals surface area contributed by atoms with Crippen LogP contribution in [0, 0.1) is 17.1 Å². The molecule has 0 saturated heterocycles. The van der Waals surface area contributed by atoms with Gasteiger partial charge >= 0.3 is 0 Å². The van der Waals surface area contributed by atoms with Crippen LogP contribution in [-0.2, 0) is 17.9 Å². The molecule has 0 aliphatic heterocycles. The Labute approximate surface area is 191 Å². The van der Waals surface area contributed by atoms with Gasteiger partial charge in [-0.1, -0.05) is 48.5 Å². The van der Waals surface area contributed by atoms with Crippen molar-refractivity contribution in [3.63, 3.8) is 0 Å². The molecular weight excluding hydrogens is 417 g/mol. The van der Waals surface area contributed by atoms with Crippen molar-refractivity contribution in [2.45, 2.75) is 13.1 Å². The fourth-order valence-electron chi connectivity index (χ4n) is 3.55. The van der Waals surface area contributed by atoms with Crippen molar-refractivity contribution in [2.24, 2.45) is 0 Å². The normalized spacial score (nSPS) is 11.2. The molecule has 1 heterocycles. The monoisotopic (exact) mass is 439 g/mol. The Hall–Kier alpha value is -4.37. The first-order chi connectivity index (χ1) is 16.1. The highest BCUT2D eigenvalue weighted by Gasteiger charge is 2.12. The Bertz CT molecular complexity index is 1320. The largest absolute Gasteiger partial charge is 0.492 e. The summed E-state index contributed by atoms with van der Waals surface area (Å²) in [6, 6.07) is 25.2. The number of nitrogens with one attached hydrogen (secondary N) is 1. The summed E-state index contributed by atoms with van der Waals surface area (Å²) < 4.78 is 20.8. The van der Waals surface area contributed by atoms with Crippen molar-refractivity contribution in [2.75, 3.05) is 6.61 Å². The SMILES string of the molecule is N#C/C(=C\c1cn(CCOc2ccc(F)cc2)c2ccccc12)C(=O)NCc1ccccc1. The van der Waals surface area contributed by atoms with Crippen LogP contribution < -0.4 is 10.1 Å². The summed E-state index contributed by atoms with van der Waals surface area (Å²) in [6.07, 6.45) is 3.51. The van der Waals surface area contributed by atoms with Gasteiger partial charge in [-0.25, -0.2) is 4.39 Å². The van der Waals surface area contributed by atoms with Crippen molar-refractivity contribution in [1.82, 2.24) is 9.88 Å². The predicted molar refractivity (Wildman–Crippen MR) is 126 cm³/mol. The molecule has 4 rings (SSSR count). The lowest BCUT2D eigenvalue weighted by molar-refractivity contribution is -0.117. The molecule has 0 unspecified atom stereocenters. The number of carbonyl (C=O) groups is 1. The predicted octanol–water partition coefficient (Wildman–Crippen LogP) is 5.08. The van der Waals surface area contributed by atoms with E-state index in [1.54, 1.807) is 18.2 Å². The fraction of sp³-hybridized carbons (Fsp3) is 0.111. The van der Waals surface area contributed by atoms with E-state index < -0.39 is 5.91 Å². The van der Waals surface area contributed by atoms with Crippen molar-refractivity contribution in [3.05, 3.63) is 108 Å². The molecule has 0 fully saturated rings. The maximum absolute atomic E-state index is 13.1. The molecule has 1 N–H and O–H groups in total. The van der Waals surface area contributed by atoms with Crippen LogP contribution in [0.3, 0.4) is 0 Å². The van der Waals surface area contributed by atoms with Crippen LogP contribution in [0.15, 0.2) is 90.6 Å². The third-order valence-corrected chi connectivity index (χ3v) is 5.19. The first kappa shape index (κ1) is 21.8. The Kier molecular flexibility index (Phi) is 6.81. The van der Waals surface area contributed by atoms with E-state index >= 15 is 0 Å².